The third-order valence-electron chi connectivity index (χ3n) is 2.83. The number of hydrogen-bond acceptors (Lipinski definition) is 5. The van der Waals surface area contributed by atoms with Crippen LogP contribution in [-0.4, -0.2) is 20.2 Å². The molecule has 0 aliphatic carbocycles. The molecule has 2 N–H and O–H groups in total. The fraction of sp³-hybridized carbons (Fsp3) is 0.300. The molecule has 0 bridgehead atoms. The van der Waals surface area contributed by atoms with Gasteiger partial charge in [-0.15, -0.1) is 0 Å². The average Bonchev–Trinajstić information content (AvgIpc) is 2.82. The number of hydrogen-bond donors (Lipinski definition) is 1. The van der Waals surface area contributed by atoms with Crippen molar-refractivity contribution < 1.29 is 0 Å². The van der Waals surface area contributed by atoms with Crippen LogP contribution in [0.2, 0.25) is 0 Å². The summed E-state index contributed by atoms with van der Waals surface area (Å²) < 4.78 is 1.68. The third-order valence-corrected chi connectivity index (χ3v) is 2.83. The van der Waals surface area contributed by atoms with Crippen LogP contribution in [0.4, 0.5) is 11.6 Å². The smallest absolute Gasteiger partial charge is 0.245 e. The van der Waals surface area contributed by atoms with Gasteiger partial charge in [0.15, 0.2) is 0 Å². The minimum atomic E-state index is 0.787. The Morgan fingerprint density at radius 2 is 2.06 bits per heavy atom. The summed E-state index contributed by atoms with van der Waals surface area (Å²) in [5, 5.41) is 11.5. The van der Waals surface area contributed by atoms with E-state index < -0.39 is 0 Å². The van der Waals surface area contributed by atoms with Gasteiger partial charge in [0.25, 0.3) is 0 Å². The monoisotopic (exact) mass is 216 g/mol. The van der Waals surface area contributed by atoms with Gasteiger partial charge in [-0.3, -0.25) is 0 Å². The van der Waals surface area contributed by atoms with Crippen molar-refractivity contribution in [2.24, 2.45) is 7.05 Å². The Bertz CT molecular complexity index is 532. The fourth-order valence-corrected chi connectivity index (χ4v) is 2.05. The number of nitrogens with two attached hydrogens (primary N) is 1. The van der Waals surface area contributed by atoms with Crippen LogP contribution in [0, 0.1) is 0 Å². The Morgan fingerprint density at radius 1 is 1.25 bits per heavy atom. The molecule has 6 nitrogen and oxygen atoms in total. The van der Waals surface area contributed by atoms with Crippen molar-refractivity contribution in [2.45, 2.75) is 13.1 Å². The van der Waals surface area contributed by atoms with Gasteiger partial charge in [-0.25, -0.2) is 4.68 Å². The second kappa shape index (κ2) is 3.19. The number of nitrogen functional groups attached to an aromatic ring is 1. The Morgan fingerprint density at radius 3 is 2.81 bits per heavy atom. The van der Waals surface area contributed by atoms with Gasteiger partial charge in [0.1, 0.15) is 0 Å². The molecule has 0 amide bonds. The lowest BCUT2D eigenvalue weighted by Gasteiger charge is -2.13. The molecule has 0 fully saturated rings. The standard InChI is InChI=1S/C10H12N6/c1-15-10(12-13-14-15)16-5-7-2-3-9(11)4-8(7)6-16/h2-4H,5-6,11H2,1H3. The maximum Gasteiger partial charge on any atom is 0.245 e. The Balaban J connectivity index is 1.94. The van der Waals surface area contributed by atoms with Gasteiger partial charge in [-0.1, -0.05) is 11.2 Å². The van der Waals surface area contributed by atoms with Crippen molar-refractivity contribution in [3.63, 3.8) is 0 Å². The first-order valence-electron chi connectivity index (χ1n) is 5.08. The van der Waals surface area contributed by atoms with Crippen LogP contribution in [0.3, 0.4) is 0 Å². The largest absolute Gasteiger partial charge is 0.399 e. The number of anilines is 2. The first-order chi connectivity index (χ1) is 7.74. The van der Waals surface area contributed by atoms with E-state index in [1.54, 1.807) is 4.68 Å². The fourth-order valence-electron chi connectivity index (χ4n) is 2.05. The van der Waals surface area contributed by atoms with E-state index in [1.165, 1.54) is 11.1 Å². The van der Waals surface area contributed by atoms with E-state index in [0.29, 0.717) is 0 Å². The van der Waals surface area contributed by atoms with Gasteiger partial charge in [0.2, 0.25) is 5.95 Å². The first kappa shape index (κ1) is 9.14. The number of tetrazole rings is 1. The van der Waals surface area contributed by atoms with Crippen molar-refractivity contribution in [2.75, 3.05) is 10.6 Å². The molecule has 1 aliphatic heterocycles. The van der Waals surface area contributed by atoms with Gasteiger partial charge in [-0.05, 0) is 33.7 Å². The number of benzene rings is 1. The molecule has 3 rings (SSSR count). The molecule has 16 heavy (non-hydrogen) atoms. The summed E-state index contributed by atoms with van der Waals surface area (Å²) in [5.74, 6) is 0.787. The molecule has 1 aliphatic rings. The number of fused-ring (bicyclic) bond motifs is 1. The third kappa shape index (κ3) is 1.30. The molecule has 1 aromatic heterocycles. The van der Waals surface area contributed by atoms with Crippen molar-refractivity contribution in [3.8, 4) is 0 Å². The quantitative estimate of drug-likeness (QED) is 0.695. The minimum Gasteiger partial charge on any atom is -0.399 e. The van der Waals surface area contributed by atoms with Gasteiger partial charge < -0.3 is 10.6 Å². The predicted molar refractivity (Wildman–Crippen MR) is 59.5 cm³/mol. The van der Waals surface area contributed by atoms with E-state index >= 15 is 0 Å². The molecule has 1 aromatic carbocycles. The van der Waals surface area contributed by atoms with Crippen molar-refractivity contribution in [1.29, 1.82) is 0 Å². The summed E-state index contributed by atoms with van der Waals surface area (Å²) in [4.78, 5) is 2.13. The van der Waals surface area contributed by atoms with Gasteiger partial charge in [0.05, 0.1) is 0 Å². The maximum atomic E-state index is 5.76. The number of aryl methyl sites for hydroxylation is 1. The highest BCUT2D eigenvalue weighted by atomic mass is 15.6. The molecule has 0 unspecified atom stereocenters. The van der Waals surface area contributed by atoms with E-state index in [4.69, 9.17) is 5.73 Å². The molecule has 6 heteroatoms. The van der Waals surface area contributed by atoms with E-state index in [-0.39, 0.29) is 0 Å². The molecule has 82 valence electrons. The molecule has 0 spiro atoms. The predicted octanol–water partition coefficient (Wildman–Crippen LogP) is 0.312. The van der Waals surface area contributed by atoms with Crippen LogP contribution in [0.1, 0.15) is 11.1 Å². The summed E-state index contributed by atoms with van der Waals surface area (Å²) in [6.45, 7) is 1.65. The molecule has 2 aromatic rings. The molecular weight excluding hydrogens is 204 g/mol. The van der Waals surface area contributed by atoms with E-state index in [1.807, 2.05) is 19.2 Å². The van der Waals surface area contributed by atoms with Crippen LogP contribution < -0.4 is 10.6 Å². The van der Waals surface area contributed by atoms with Crippen LogP contribution in [0.25, 0.3) is 0 Å². The summed E-state index contributed by atoms with van der Waals surface area (Å²) in [5.41, 5.74) is 9.11. The number of rotatable bonds is 1. The van der Waals surface area contributed by atoms with Gasteiger partial charge >= 0.3 is 0 Å². The van der Waals surface area contributed by atoms with Crippen LogP contribution in [-0.2, 0) is 20.1 Å². The molecular formula is C10H12N6. The van der Waals surface area contributed by atoms with Crippen molar-refractivity contribution in [1.82, 2.24) is 20.2 Å². The Labute approximate surface area is 92.7 Å². The zero-order valence-electron chi connectivity index (χ0n) is 8.96. The lowest BCUT2D eigenvalue weighted by Crippen LogP contribution is -2.18. The topological polar surface area (TPSA) is 72.9 Å². The summed E-state index contributed by atoms with van der Waals surface area (Å²) >= 11 is 0. The molecule has 0 saturated carbocycles. The maximum absolute atomic E-state index is 5.76. The number of nitrogens with zero attached hydrogens (tertiary/aromatic N) is 5. The Kier molecular flexibility index (Phi) is 1.82. The molecule has 0 atom stereocenters. The van der Waals surface area contributed by atoms with E-state index in [0.717, 1.165) is 24.7 Å². The SMILES string of the molecule is Cn1nnnc1N1Cc2ccc(N)cc2C1. The van der Waals surface area contributed by atoms with Gasteiger partial charge in [-0.2, -0.15) is 0 Å². The zero-order chi connectivity index (χ0) is 11.1. The van der Waals surface area contributed by atoms with Crippen molar-refractivity contribution >= 4 is 11.6 Å². The molecule has 2 heterocycles. The summed E-state index contributed by atoms with van der Waals surface area (Å²) in [6, 6.07) is 6.00. The second-order valence-corrected chi connectivity index (χ2v) is 3.99. The van der Waals surface area contributed by atoms with Crippen LogP contribution in [0.5, 0.6) is 0 Å². The molecule has 0 saturated heterocycles. The van der Waals surface area contributed by atoms with Crippen LogP contribution >= 0.6 is 0 Å². The molecule has 0 radical (unpaired) electrons. The summed E-state index contributed by atoms with van der Waals surface area (Å²) in [7, 11) is 1.84. The van der Waals surface area contributed by atoms with E-state index in [9.17, 15) is 0 Å². The highest BCUT2D eigenvalue weighted by Gasteiger charge is 2.22. The first-order valence-corrected chi connectivity index (χ1v) is 5.08. The van der Waals surface area contributed by atoms with Crippen LogP contribution in [0.15, 0.2) is 18.2 Å². The average molecular weight is 216 g/mol. The van der Waals surface area contributed by atoms with E-state index in [2.05, 4.69) is 26.5 Å². The number of aromatic nitrogens is 4. The van der Waals surface area contributed by atoms with Gasteiger partial charge in [0, 0.05) is 25.8 Å². The Hall–Kier alpha value is -2.11. The second-order valence-electron chi connectivity index (χ2n) is 3.99. The minimum absolute atomic E-state index is 0.787. The van der Waals surface area contributed by atoms with Crippen molar-refractivity contribution in [3.05, 3.63) is 29.3 Å². The highest BCUT2D eigenvalue weighted by Crippen LogP contribution is 2.27. The zero-order valence-corrected chi connectivity index (χ0v) is 8.96. The highest BCUT2D eigenvalue weighted by molar-refractivity contribution is 5.50. The summed E-state index contributed by atoms with van der Waals surface area (Å²) in [6.07, 6.45) is 0. The normalized spacial score (nSPS) is 14.2. The lowest BCUT2D eigenvalue weighted by molar-refractivity contribution is 0.689. The lowest BCUT2D eigenvalue weighted by atomic mass is 10.1.